The van der Waals surface area contributed by atoms with Crippen LogP contribution in [0, 0.1) is 12.3 Å². The van der Waals surface area contributed by atoms with Gasteiger partial charge in [-0.2, -0.15) is 0 Å². The number of sulfonamides is 1. The zero-order valence-electron chi connectivity index (χ0n) is 14.9. The number of piperidine rings is 1. The molecule has 1 atom stereocenters. The van der Waals surface area contributed by atoms with Crippen LogP contribution in [0.2, 0.25) is 0 Å². The molecule has 25 heavy (non-hydrogen) atoms. The lowest BCUT2D eigenvalue weighted by atomic mass is 9.79. The van der Waals surface area contributed by atoms with Crippen molar-refractivity contribution < 1.29 is 17.9 Å². The Balaban J connectivity index is 1.75. The normalized spacial score (nSPS) is 23.8. The second-order valence-electron chi connectivity index (χ2n) is 7.33. The molecule has 0 aliphatic carbocycles. The van der Waals surface area contributed by atoms with E-state index >= 15 is 0 Å². The minimum absolute atomic E-state index is 0.0632. The molecule has 6 nitrogen and oxygen atoms in total. The van der Waals surface area contributed by atoms with Crippen LogP contribution in [0.1, 0.15) is 24.8 Å². The Morgan fingerprint density at radius 1 is 1.28 bits per heavy atom. The Morgan fingerprint density at radius 2 is 2.00 bits per heavy atom. The highest BCUT2D eigenvalue weighted by Crippen LogP contribution is 2.37. The average Bonchev–Trinajstić information content (AvgIpc) is 3.00. The lowest BCUT2D eigenvalue weighted by Gasteiger charge is -2.40. The highest BCUT2D eigenvalue weighted by atomic mass is 32.2. The van der Waals surface area contributed by atoms with Crippen LogP contribution < -0.4 is 4.31 Å². The molecule has 3 rings (SSSR count). The van der Waals surface area contributed by atoms with Gasteiger partial charge in [0.2, 0.25) is 15.9 Å². The average molecular weight is 366 g/mol. The fraction of sp³-hybridized carbons (Fsp3) is 0.611. The van der Waals surface area contributed by atoms with Gasteiger partial charge in [-0.3, -0.25) is 9.10 Å². The zero-order chi connectivity index (χ0) is 18.1. The van der Waals surface area contributed by atoms with E-state index in [0.29, 0.717) is 25.4 Å². The third-order valence-electron chi connectivity index (χ3n) is 5.20. The number of nitrogens with zero attached hydrogens (tertiary/aromatic N) is 2. The van der Waals surface area contributed by atoms with Crippen LogP contribution >= 0.6 is 0 Å². The van der Waals surface area contributed by atoms with E-state index < -0.39 is 10.0 Å². The number of rotatable bonds is 4. The molecule has 138 valence electrons. The Labute approximate surface area is 149 Å². The van der Waals surface area contributed by atoms with Crippen LogP contribution in [-0.4, -0.2) is 58.3 Å². The highest BCUT2D eigenvalue weighted by molar-refractivity contribution is 7.92. The fourth-order valence-electron chi connectivity index (χ4n) is 3.73. The molecule has 2 aliphatic heterocycles. The number of likely N-dealkylation sites (tertiary alicyclic amines) is 1. The van der Waals surface area contributed by atoms with Gasteiger partial charge in [0.25, 0.3) is 0 Å². The van der Waals surface area contributed by atoms with Gasteiger partial charge in [-0.25, -0.2) is 8.42 Å². The first-order chi connectivity index (χ1) is 11.8. The molecule has 0 radical (unpaired) electrons. The quantitative estimate of drug-likeness (QED) is 0.815. The van der Waals surface area contributed by atoms with Gasteiger partial charge >= 0.3 is 0 Å². The number of carbonyl (C=O) groups is 1. The van der Waals surface area contributed by atoms with Crippen LogP contribution in [0.25, 0.3) is 0 Å². The molecule has 1 aromatic rings. The van der Waals surface area contributed by atoms with E-state index in [2.05, 4.69) is 0 Å². The van der Waals surface area contributed by atoms with Crippen molar-refractivity contribution in [1.82, 2.24) is 4.90 Å². The van der Waals surface area contributed by atoms with Gasteiger partial charge in [0, 0.05) is 25.1 Å². The standard InChI is InChI=1S/C18H26N2O4S/c1-15-4-6-16(7-5-15)20(25(2,22)23)12-17(21)19-10-3-8-18(13-19)9-11-24-14-18/h4-7H,3,8-14H2,1-2H3/t18-/m1/s1. The second-order valence-corrected chi connectivity index (χ2v) is 9.23. The molecule has 0 aromatic heterocycles. The predicted molar refractivity (Wildman–Crippen MR) is 97.1 cm³/mol. The van der Waals surface area contributed by atoms with E-state index in [4.69, 9.17) is 4.74 Å². The SMILES string of the molecule is Cc1ccc(N(CC(=O)N2CCC[C@@]3(CCOC3)C2)S(C)(=O)=O)cc1. The summed E-state index contributed by atoms with van der Waals surface area (Å²) >= 11 is 0. The van der Waals surface area contributed by atoms with Gasteiger partial charge < -0.3 is 9.64 Å². The molecule has 0 unspecified atom stereocenters. The maximum absolute atomic E-state index is 12.8. The number of ether oxygens (including phenoxy) is 1. The molecule has 1 amide bonds. The molecule has 2 saturated heterocycles. The minimum atomic E-state index is -3.53. The Morgan fingerprint density at radius 3 is 2.60 bits per heavy atom. The lowest BCUT2D eigenvalue weighted by molar-refractivity contribution is -0.133. The summed E-state index contributed by atoms with van der Waals surface area (Å²) < 4.78 is 31.2. The number of benzene rings is 1. The van der Waals surface area contributed by atoms with E-state index in [1.165, 1.54) is 4.31 Å². The van der Waals surface area contributed by atoms with Crippen molar-refractivity contribution in [2.45, 2.75) is 26.2 Å². The van der Waals surface area contributed by atoms with Gasteiger partial charge in [-0.05, 0) is 38.3 Å². The third kappa shape index (κ3) is 4.15. The maximum atomic E-state index is 12.8. The molecule has 2 heterocycles. The summed E-state index contributed by atoms with van der Waals surface area (Å²) in [5.41, 5.74) is 1.63. The first-order valence-electron chi connectivity index (χ1n) is 8.69. The Hall–Kier alpha value is -1.60. The Kier molecular flexibility index (Phi) is 5.06. The van der Waals surface area contributed by atoms with Crippen molar-refractivity contribution in [3.05, 3.63) is 29.8 Å². The highest BCUT2D eigenvalue weighted by Gasteiger charge is 2.40. The van der Waals surface area contributed by atoms with Crippen molar-refractivity contribution in [2.24, 2.45) is 5.41 Å². The van der Waals surface area contributed by atoms with Crippen LogP contribution in [0.4, 0.5) is 5.69 Å². The molecule has 7 heteroatoms. The van der Waals surface area contributed by atoms with Crippen molar-refractivity contribution >= 4 is 21.6 Å². The van der Waals surface area contributed by atoms with E-state index in [1.807, 2.05) is 24.0 Å². The summed E-state index contributed by atoms with van der Waals surface area (Å²) in [4.78, 5) is 14.6. The fourth-order valence-corrected chi connectivity index (χ4v) is 4.58. The first kappa shape index (κ1) is 18.2. The summed E-state index contributed by atoms with van der Waals surface area (Å²) in [6.45, 7) is 4.59. The zero-order valence-corrected chi connectivity index (χ0v) is 15.7. The molecule has 2 aliphatic rings. The second kappa shape index (κ2) is 6.96. The van der Waals surface area contributed by atoms with Crippen LogP contribution in [0.5, 0.6) is 0 Å². The largest absolute Gasteiger partial charge is 0.381 e. The van der Waals surface area contributed by atoms with Gasteiger partial charge in [0.05, 0.1) is 18.6 Å². The molecule has 0 N–H and O–H groups in total. The number of carbonyl (C=O) groups excluding carboxylic acids is 1. The molecule has 1 aromatic carbocycles. The van der Waals surface area contributed by atoms with Gasteiger partial charge in [-0.15, -0.1) is 0 Å². The van der Waals surface area contributed by atoms with Crippen molar-refractivity contribution in [3.63, 3.8) is 0 Å². The van der Waals surface area contributed by atoms with Gasteiger partial charge in [-0.1, -0.05) is 17.7 Å². The molecule has 1 spiro atoms. The summed E-state index contributed by atoms with van der Waals surface area (Å²) in [7, 11) is -3.53. The third-order valence-corrected chi connectivity index (χ3v) is 6.34. The number of aryl methyl sites for hydroxylation is 1. The molecule has 2 fully saturated rings. The summed E-state index contributed by atoms with van der Waals surface area (Å²) in [5.74, 6) is -0.142. The van der Waals surface area contributed by atoms with Crippen molar-refractivity contribution in [2.75, 3.05) is 43.4 Å². The molecular weight excluding hydrogens is 340 g/mol. The smallest absolute Gasteiger partial charge is 0.243 e. The summed E-state index contributed by atoms with van der Waals surface area (Å²) in [6, 6.07) is 7.19. The number of hydrogen-bond donors (Lipinski definition) is 0. The first-order valence-corrected chi connectivity index (χ1v) is 10.5. The molecule has 0 saturated carbocycles. The van der Waals surface area contributed by atoms with Gasteiger partial charge in [0.15, 0.2) is 0 Å². The monoisotopic (exact) mass is 366 g/mol. The topological polar surface area (TPSA) is 66.9 Å². The molecular formula is C18H26N2O4S. The number of hydrogen-bond acceptors (Lipinski definition) is 4. The summed E-state index contributed by atoms with van der Waals surface area (Å²) in [6.07, 6.45) is 4.14. The minimum Gasteiger partial charge on any atom is -0.381 e. The van der Waals surface area contributed by atoms with Crippen molar-refractivity contribution in [3.8, 4) is 0 Å². The predicted octanol–water partition coefficient (Wildman–Crippen LogP) is 1.79. The Bertz CT molecular complexity index is 724. The van der Waals surface area contributed by atoms with Crippen LogP contribution in [-0.2, 0) is 19.6 Å². The maximum Gasteiger partial charge on any atom is 0.243 e. The van der Waals surface area contributed by atoms with E-state index in [9.17, 15) is 13.2 Å². The van der Waals surface area contributed by atoms with E-state index in [0.717, 1.165) is 37.7 Å². The number of anilines is 1. The van der Waals surface area contributed by atoms with Crippen molar-refractivity contribution in [1.29, 1.82) is 0 Å². The van der Waals surface area contributed by atoms with Gasteiger partial charge in [0.1, 0.15) is 6.54 Å². The van der Waals surface area contributed by atoms with E-state index in [1.54, 1.807) is 12.1 Å². The van der Waals surface area contributed by atoms with E-state index in [-0.39, 0.29) is 17.9 Å². The summed E-state index contributed by atoms with van der Waals surface area (Å²) in [5, 5.41) is 0. The van der Waals surface area contributed by atoms with Crippen LogP contribution in [0.15, 0.2) is 24.3 Å². The number of amides is 1. The lowest BCUT2D eigenvalue weighted by Crippen LogP contribution is -2.50. The van der Waals surface area contributed by atoms with Crippen LogP contribution in [0.3, 0.4) is 0 Å². The molecule has 0 bridgehead atoms.